The van der Waals surface area contributed by atoms with Crippen LogP contribution in [0.4, 0.5) is 19.7 Å². The molecule has 14 heteroatoms. The second-order valence-corrected chi connectivity index (χ2v) is 12.3. The number of benzene rings is 1. The average Bonchev–Trinajstić information content (AvgIpc) is 3.40. The van der Waals surface area contributed by atoms with Crippen LogP contribution in [0.3, 0.4) is 0 Å². The fraction of sp³-hybridized carbons (Fsp3) is 0.458. The Morgan fingerprint density at radius 3 is 2.55 bits per heavy atom. The quantitative estimate of drug-likeness (QED) is 0.238. The molecule has 1 aromatic carbocycles. The highest BCUT2D eigenvalue weighted by atomic mass is 32.2. The summed E-state index contributed by atoms with van der Waals surface area (Å²) in [5.74, 6) is -2.85. The number of ketones is 1. The molecule has 1 saturated heterocycles. The van der Waals surface area contributed by atoms with Gasteiger partial charge in [0, 0.05) is 44.0 Å². The number of nitrogen functional groups attached to an aromatic ring is 1. The molecular formula is C24H31F2N7O3S2. The van der Waals surface area contributed by atoms with E-state index in [1.807, 2.05) is 14.0 Å². The molecule has 4 rings (SSSR count). The molecule has 0 saturated carbocycles. The van der Waals surface area contributed by atoms with Gasteiger partial charge in [0.15, 0.2) is 5.13 Å². The minimum Gasteiger partial charge on any atom is -0.382 e. The number of hydrogen-bond donors (Lipinski definition) is 3. The fourth-order valence-electron chi connectivity index (χ4n) is 4.29. The van der Waals surface area contributed by atoms with Gasteiger partial charge in [0.2, 0.25) is 15.8 Å². The number of sulfonamides is 1. The molecule has 206 valence electrons. The molecule has 0 atom stereocenters. The van der Waals surface area contributed by atoms with Crippen molar-refractivity contribution in [2.75, 3.05) is 36.4 Å². The summed E-state index contributed by atoms with van der Waals surface area (Å²) in [6.45, 7) is 3.92. The number of aromatic nitrogens is 3. The van der Waals surface area contributed by atoms with E-state index in [4.69, 9.17) is 5.73 Å². The first kappa shape index (κ1) is 28.1. The maximum Gasteiger partial charge on any atom is 0.214 e. The number of nitrogens with one attached hydrogen (secondary N) is 2. The normalized spacial score (nSPS) is 15.2. The monoisotopic (exact) mass is 567 g/mol. The van der Waals surface area contributed by atoms with E-state index in [1.54, 1.807) is 10.9 Å². The molecule has 0 radical (unpaired) electrons. The van der Waals surface area contributed by atoms with Crippen LogP contribution in [0, 0.1) is 18.6 Å². The molecule has 10 nitrogen and oxygen atoms in total. The Kier molecular flexibility index (Phi) is 8.75. The van der Waals surface area contributed by atoms with E-state index in [0.29, 0.717) is 50.6 Å². The SMILES string of the molecule is Cc1c(CNCCCS(=O)(=O)N2CCC(Nc3nc(N)c(C(=O)c4c(F)cccc4F)s3)CC2)cnn1C. The molecule has 0 unspecified atom stereocenters. The van der Waals surface area contributed by atoms with Crippen LogP contribution in [0.2, 0.25) is 0 Å². The van der Waals surface area contributed by atoms with Gasteiger partial charge >= 0.3 is 0 Å². The van der Waals surface area contributed by atoms with Gasteiger partial charge in [0.05, 0.1) is 17.5 Å². The molecule has 2 aromatic heterocycles. The Morgan fingerprint density at radius 2 is 1.92 bits per heavy atom. The van der Waals surface area contributed by atoms with Gasteiger partial charge < -0.3 is 16.4 Å². The molecule has 38 heavy (non-hydrogen) atoms. The standard InChI is InChI=1S/C24H31F2N7O3S2/c1-15-16(14-29-32(15)2)13-28-9-4-12-38(35,36)33-10-7-17(8-11-33)30-24-31-23(27)22(37-24)21(34)20-18(25)5-3-6-19(20)26/h3,5-6,14,17,28H,4,7-13,27H2,1-2H3,(H,30,31). The Labute approximate surface area is 224 Å². The summed E-state index contributed by atoms with van der Waals surface area (Å²) in [7, 11) is -1.50. The fourth-order valence-corrected chi connectivity index (χ4v) is 6.73. The Bertz CT molecular complexity index is 1380. The summed E-state index contributed by atoms with van der Waals surface area (Å²) in [4.78, 5) is 16.8. The van der Waals surface area contributed by atoms with Gasteiger partial charge in [-0.15, -0.1) is 0 Å². The molecule has 0 bridgehead atoms. The number of piperidine rings is 1. The number of nitrogens with two attached hydrogens (primary N) is 1. The summed E-state index contributed by atoms with van der Waals surface area (Å²) < 4.78 is 57.0. The van der Waals surface area contributed by atoms with Gasteiger partial charge in [0.25, 0.3) is 0 Å². The van der Waals surface area contributed by atoms with Gasteiger partial charge in [-0.05, 0) is 44.9 Å². The number of hydrogen-bond acceptors (Lipinski definition) is 9. The molecule has 4 N–H and O–H groups in total. The number of carbonyl (C=O) groups excluding carboxylic acids is 1. The van der Waals surface area contributed by atoms with Crippen LogP contribution in [0.15, 0.2) is 24.4 Å². The summed E-state index contributed by atoms with van der Waals surface area (Å²) >= 11 is 0.922. The van der Waals surface area contributed by atoms with Crippen molar-refractivity contribution in [2.24, 2.45) is 7.05 Å². The summed E-state index contributed by atoms with van der Waals surface area (Å²) in [6.07, 6.45) is 3.39. The molecule has 3 aromatic rings. The van der Waals surface area contributed by atoms with Crippen molar-refractivity contribution in [1.29, 1.82) is 0 Å². The summed E-state index contributed by atoms with van der Waals surface area (Å²) in [5, 5.41) is 11.0. The third-order valence-corrected chi connectivity index (χ3v) is 9.59. The van der Waals surface area contributed by atoms with Crippen LogP contribution in [-0.2, 0) is 23.6 Å². The van der Waals surface area contributed by atoms with Crippen molar-refractivity contribution < 1.29 is 22.0 Å². The van der Waals surface area contributed by atoms with Gasteiger partial charge in [-0.2, -0.15) is 5.10 Å². The predicted octanol–water partition coefficient (Wildman–Crippen LogP) is 2.66. The lowest BCUT2D eigenvalue weighted by Crippen LogP contribution is -2.43. The lowest BCUT2D eigenvalue weighted by molar-refractivity contribution is 0.103. The first-order valence-electron chi connectivity index (χ1n) is 12.2. The van der Waals surface area contributed by atoms with Crippen LogP contribution in [-0.4, -0.2) is 64.7 Å². The molecule has 0 spiro atoms. The van der Waals surface area contributed by atoms with Crippen molar-refractivity contribution in [3.8, 4) is 0 Å². The number of carbonyl (C=O) groups is 1. The van der Waals surface area contributed by atoms with Crippen LogP contribution in [0.5, 0.6) is 0 Å². The summed E-state index contributed by atoms with van der Waals surface area (Å²) in [5.41, 5.74) is 7.36. The zero-order valence-corrected chi connectivity index (χ0v) is 22.8. The lowest BCUT2D eigenvalue weighted by Gasteiger charge is -2.31. The first-order valence-corrected chi connectivity index (χ1v) is 14.7. The second kappa shape index (κ2) is 11.8. The van der Waals surface area contributed by atoms with Crippen LogP contribution >= 0.6 is 11.3 Å². The number of nitrogens with zero attached hydrogens (tertiary/aromatic N) is 4. The Morgan fingerprint density at radius 1 is 1.24 bits per heavy atom. The zero-order valence-electron chi connectivity index (χ0n) is 21.2. The lowest BCUT2D eigenvalue weighted by atomic mass is 10.1. The van der Waals surface area contributed by atoms with Gasteiger partial charge in [-0.1, -0.05) is 17.4 Å². The molecule has 1 aliphatic rings. The molecular weight excluding hydrogens is 536 g/mol. The number of thiazole rings is 1. The third kappa shape index (κ3) is 6.37. The largest absolute Gasteiger partial charge is 0.382 e. The van der Waals surface area contributed by atoms with Crippen LogP contribution < -0.4 is 16.4 Å². The van der Waals surface area contributed by atoms with Gasteiger partial charge in [-0.3, -0.25) is 9.48 Å². The molecule has 1 fully saturated rings. The van der Waals surface area contributed by atoms with E-state index in [9.17, 15) is 22.0 Å². The van der Waals surface area contributed by atoms with Crippen molar-refractivity contribution in [3.63, 3.8) is 0 Å². The molecule has 1 aliphatic heterocycles. The van der Waals surface area contributed by atoms with Crippen LogP contribution in [0.1, 0.15) is 45.8 Å². The zero-order chi connectivity index (χ0) is 27.4. The second-order valence-electron chi connectivity index (χ2n) is 9.20. The van der Waals surface area contributed by atoms with E-state index in [-0.39, 0.29) is 22.5 Å². The van der Waals surface area contributed by atoms with E-state index >= 15 is 0 Å². The minimum atomic E-state index is -3.38. The topological polar surface area (TPSA) is 135 Å². The van der Waals surface area contributed by atoms with Crippen molar-refractivity contribution >= 4 is 38.1 Å². The van der Waals surface area contributed by atoms with Gasteiger partial charge in [-0.25, -0.2) is 26.5 Å². The average molecular weight is 568 g/mol. The highest BCUT2D eigenvalue weighted by Gasteiger charge is 2.29. The minimum absolute atomic E-state index is 0.0520. The Balaban J connectivity index is 1.24. The van der Waals surface area contributed by atoms with E-state index in [2.05, 4.69) is 20.7 Å². The van der Waals surface area contributed by atoms with E-state index in [0.717, 1.165) is 34.7 Å². The van der Waals surface area contributed by atoms with Crippen molar-refractivity contribution in [3.05, 3.63) is 57.7 Å². The smallest absolute Gasteiger partial charge is 0.214 e. The highest BCUT2D eigenvalue weighted by molar-refractivity contribution is 7.89. The predicted molar refractivity (Wildman–Crippen MR) is 143 cm³/mol. The maximum absolute atomic E-state index is 14.0. The number of rotatable bonds is 11. The van der Waals surface area contributed by atoms with Crippen LogP contribution in [0.25, 0.3) is 0 Å². The first-order chi connectivity index (χ1) is 18.1. The Hall–Kier alpha value is -2.94. The number of halogens is 2. The number of aryl methyl sites for hydroxylation is 1. The molecule has 0 aliphatic carbocycles. The van der Waals surface area contributed by atoms with E-state index in [1.165, 1.54) is 10.4 Å². The third-order valence-electron chi connectivity index (χ3n) is 6.63. The maximum atomic E-state index is 14.0. The summed E-state index contributed by atoms with van der Waals surface area (Å²) in [6, 6.07) is 3.12. The molecule has 3 heterocycles. The van der Waals surface area contributed by atoms with Crippen molar-refractivity contribution in [1.82, 2.24) is 24.4 Å². The van der Waals surface area contributed by atoms with Crippen molar-refractivity contribution in [2.45, 2.75) is 38.8 Å². The van der Waals surface area contributed by atoms with Gasteiger partial charge in [0.1, 0.15) is 22.3 Å². The number of anilines is 2. The molecule has 0 amide bonds. The highest BCUT2D eigenvalue weighted by Crippen LogP contribution is 2.30. The van der Waals surface area contributed by atoms with E-state index < -0.39 is 33.0 Å².